The van der Waals surface area contributed by atoms with Crippen molar-refractivity contribution in [1.82, 2.24) is 0 Å². The summed E-state index contributed by atoms with van der Waals surface area (Å²) in [4.78, 5) is 0. The van der Waals surface area contributed by atoms with E-state index >= 15 is 0 Å². The molecular weight excluding hydrogens is 322 g/mol. The minimum absolute atomic E-state index is 0.287. The molecule has 0 radical (unpaired) electrons. The lowest BCUT2D eigenvalue weighted by Gasteiger charge is -2.13. The highest BCUT2D eigenvalue weighted by Crippen LogP contribution is 2.33. The fraction of sp³-hybridized carbons (Fsp3) is 0.200. The lowest BCUT2D eigenvalue weighted by atomic mass is 10.0. The van der Waals surface area contributed by atoms with E-state index in [0.29, 0.717) is 21.4 Å². The molecule has 0 saturated carbocycles. The molecule has 20 heavy (non-hydrogen) atoms. The Balaban J connectivity index is 2.24. The van der Waals surface area contributed by atoms with Gasteiger partial charge in [-0.05, 0) is 36.2 Å². The zero-order chi connectivity index (χ0) is 14.7. The third-order valence-electron chi connectivity index (χ3n) is 2.98. The predicted molar refractivity (Wildman–Crippen MR) is 81.7 cm³/mol. The van der Waals surface area contributed by atoms with Crippen LogP contribution < -0.4 is 4.74 Å². The van der Waals surface area contributed by atoms with Crippen LogP contribution in [0.2, 0.25) is 10.0 Å². The van der Waals surface area contributed by atoms with E-state index in [1.165, 1.54) is 13.2 Å². The molecule has 0 bridgehead atoms. The zero-order valence-corrected chi connectivity index (χ0v) is 12.9. The molecule has 2 aromatic rings. The van der Waals surface area contributed by atoms with Crippen molar-refractivity contribution in [2.75, 3.05) is 7.11 Å². The topological polar surface area (TPSA) is 9.23 Å². The maximum absolute atomic E-state index is 13.7. The fourth-order valence-electron chi connectivity index (χ4n) is 1.90. The molecule has 0 N–H and O–H groups in total. The Bertz CT molecular complexity index is 596. The molecule has 0 aromatic heterocycles. The van der Waals surface area contributed by atoms with Gasteiger partial charge in [0.2, 0.25) is 0 Å². The van der Waals surface area contributed by atoms with Crippen LogP contribution in [0.15, 0.2) is 36.4 Å². The molecule has 0 fully saturated rings. The minimum atomic E-state index is -0.423. The molecule has 2 aromatic carbocycles. The second kappa shape index (κ2) is 6.66. The van der Waals surface area contributed by atoms with Gasteiger partial charge in [0.25, 0.3) is 0 Å². The van der Waals surface area contributed by atoms with Gasteiger partial charge in [-0.2, -0.15) is 0 Å². The van der Waals surface area contributed by atoms with E-state index < -0.39 is 5.38 Å². The second-order valence-electron chi connectivity index (χ2n) is 4.27. The highest BCUT2D eigenvalue weighted by Gasteiger charge is 2.16. The van der Waals surface area contributed by atoms with Crippen LogP contribution in [0.3, 0.4) is 0 Å². The number of hydrogen-bond donors (Lipinski definition) is 0. The normalized spacial score (nSPS) is 12.2. The standard InChI is InChI=1S/C15H12Cl3FO/c1-20-15-6-5-9(7-13(15)18)12(17)8-10-11(16)3-2-4-14(10)19/h2-7,12H,8H2,1H3. The van der Waals surface area contributed by atoms with Crippen molar-refractivity contribution in [3.05, 3.63) is 63.4 Å². The SMILES string of the molecule is COc1ccc(C(Cl)Cc2c(F)cccc2Cl)cc1Cl. The molecule has 0 amide bonds. The first-order chi connectivity index (χ1) is 9.52. The summed E-state index contributed by atoms with van der Waals surface area (Å²) in [5.74, 6) is 0.214. The zero-order valence-electron chi connectivity index (χ0n) is 10.7. The number of methoxy groups -OCH3 is 1. The maximum atomic E-state index is 13.7. The van der Waals surface area contributed by atoms with Crippen molar-refractivity contribution >= 4 is 34.8 Å². The Kier molecular flexibility index (Phi) is 5.14. The van der Waals surface area contributed by atoms with E-state index in [0.717, 1.165) is 5.56 Å². The van der Waals surface area contributed by atoms with Crippen LogP contribution in [-0.2, 0) is 6.42 Å². The molecule has 0 saturated heterocycles. The summed E-state index contributed by atoms with van der Waals surface area (Å²) < 4.78 is 18.8. The summed E-state index contributed by atoms with van der Waals surface area (Å²) >= 11 is 18.4. The van der Waals surface area contributed by atoms with Crippen molar-refractivity contribution in [3.8, 4) is 5.75 Å². The van der Waals surface area contributed by atoms with Crippen LogP contribution in [0.5, 0.6) is 5.75 Å². The van der Waals surface area contributed by atoms with Crippen LogP contribution in [0, 0.1) is 5.82 Å². The van der Waals surface area contributed by atoms with Crippen LogP contribution in [-0.4, -0.2) is 7.11 Å². The van der Waals surface area contributed by atoms with Crippen LogP contribution in [0.4, 0.5) is 4.39 Å². The van der Waals surface area contributed by atoms with Gasteiger partial charge in [-0.25, -0.2) is 4.39 Å². The fourth-order valence-corrected chi connectivity index (χ4v) is 2.70. The third kappa shape index (κ3) is 3.38. The molecule has 1 unspecified atom stereocenters. The first kappa shape index (κ1) is 15.4. The Morgan fingerprint density at radius 1 is 1.15 bits per heavy atom. The lowest BCUT2D eigenvalue weighted by molar-refractivity contribution is 0.415. The molecule has 0 spiro atoms. The Morgan fingerprint density at radius 2 is 1.90 bits per heavy atom. The Morgan fingerprint density at radius 3 is 2.50 bits per heavy atom. The maximum Gasteiger partial charge on any atom is 0.137 e. The number of benzene rings is 2. The largest absolute Gasteiger partial charge is 0.495 e. The van der Waals surface area contributed by atoms with Gasteiger partial charge in [0.05, 0.1) is 17.5 Å². The van der Waals surface area contributed by atoms with Crippen molar-refractivity contribution in [3.63, 3.8) is 0 Å². The molecule has 2 rings (SSSR count). The van der Waals surface area contributed by atoms with Gasteiger partial charge in [-0.3, -0.25) is 0 Å². The summed E-state index contributed by atoms with van der Waals surface area (Å²) in [5, 5.41) is 0.415. The summed E-state index contributed by atoms with van der Waals surface area (Å²) in [6.45, 7) is 0. The first-order valence-electron chi connectivity index (χ1n) is 5.93. The van der Waals surface area contributed by atoms with E-state index in [1.54, 1.807) is 30.3 Å². The smallest absolute Gasteiger partial charge is 0.137 e. The van der Waals surface area contributed by atoms with Crippen molar-refractivity contribution < 1.29 is 9.13 Å². The Labute approximate surface area is 132 Å². The van der Waals surface area contributed by atoms with Crippen LogP contribution in [0.25, 0.3) is 0 Å². The monoisotopic (exact) mass is 332 g/mol. The number of hydrogen-bond acceptors (Lipinski definition) is 1. The summed E-state index contributed by atoms with van der Waals surface area (Å²) in [5.41, 5.74) is 1.19. The van der Waals surface area contributed by atoms with E-state index in [4.69, 9.17) is 39.5 Å². The van der Waals surface area contributed by atoms with Crippen molar-refractivity contribution in [1.29, 1.82) is 0 Å². The molecule has 106 valence electrons. The van der Waals surface area contributed by atoms with Gasteiger partial charge in [0.1, 0.15) is 11.6 Å². The van der Waals surface area contributed by atoms with Crippen molar-refractivity contribution in [2.24, 2.45) is 0 Å². The molecule has 1 atom stereocenters. The van der Waals surface area contributed by atoms with E-state index in [-0.39, 0.29) is 12.2 Å². The van der Waals surface area contributed by atoms with E-state index in [1.807, 2.05) is 0 Å². The van der Waals surface area contributed by atoms with Crippen LogP contribution in [0.1, 0.15) is 16.5 Å². The molecule has 5 heteroatoms. The predicted octanol–water partition coefficient (Wildman–Crippen LogP) is 5.66. The van der Waals surface area contributed by atoms with Crippen molar-refractivity contribution in [2.45, 2.75) is 11.8 Å². The average molecular weight is 334 g/mol. The molecule has 1 nitrogen and oxygen atoms in total. The highest BCUT2D eigenvalue weighted by molar-refractivity contribution is 6.32. The summed E-state index contributed by atoms with van der Waals surface area (Å²) in [6.07, 6.45) is 0.287. The molecule has 0 aliphatic heterocycles. The van der Waals surface area contributed by atoms with E-state index in [2.05, 4.69) is 0 Å². The summed E-state index contributed by atoms with van der Waals surface area (Å²) in [6, 6.07) is 9.82. The molecular formula is C15H12Cl3FO. The van der Waals surface area contributed by atoms with E-state index in [9.17, 15) is 4.39 Å². The first-order valence-corrected chi connectivity index (χ1v) is 7.12. The van der Waals surface area contributed by atoms with Gasteiger partial charge < -0.3 is 4.74 Å². The molecule has 0 aliphatic carbocycles. The second-order valence-corrected chi connectivity index (χ2v) is 5.61. The van der Waals surface area contributed by atoms with Gasteiger partial charge >= 0.3 is 0 Å². The summed E-state index contributed by atoms with van der Waals surface area (Å²) in [7, 11) is 1.54. The number of ether oxygens (including phenoxy) is 1. The minimum Gasteiger partial charge on any atom is -0.495 e. The third-order valence-corrected chi connectivity index (χ3v) is 4.04. The molecule has 0 aliphatic rings. The van der Waals surface area contributed by atoms with Gasteiger partial charge in [0.15, 0.2) is 0 Å². The number of halogens is 4. The van der Waals surface area contributed by atoms with Gasteiger partial charge in [-0.1, -0.05) is 35.3 Å². The van der Waals surface area contributed by atoms with Crippen LogP contribution >= 0.6 is 34.8 Å². The Hall–Kier alpha value is -0.960. The average Bonchev–Trinajstić information content (AvgIpc) is 2.42. The number of alkyl halides is 1. The molecule has 0 heterocycles. The number of rotatable bonds is 4. The van der Waals surface area contributed by atoms with Gasteiger partial charge in [-0.15, -0.1) is 11.6 Å². The highest BCUT2D eigenvalue weighted by atomic mass is 35.5. The lowest BCUT2D eigenvalue weighted by Crippen LogP contribution is -2.00. The quantitative estimate of drug-likeness (QED) is 0.656. The van der Waals surface area contributed by atoms with Gasteiger partial charge in [0, 0.05) is 10.6 Å².